The summed E-state index contributed by atoms with van der Waals surface area (Å²) in [7, 11) is 1.60. The second-order valence-electron chi connectivity index (χ2n) is 3.99. The van der Waals surface area contributed by atoms with Crippen LogP contribution in [-0.4, -0.2) is 46.6 Å². The van der Waals surface area contributed by atoms with Crippen LogP contribution < -0.4 is 5.32 Å². The summed E-state index contributed by atoms with van der Waals surface area (Å²) < 4.78 is 4.88. The van der Waals surface area contributed by atoms with Crippen molar-refractivity contribution in [2.24, 2.45) is 0 Å². The molecular weight excluding hydrogens is 296 g/mol. The fraction of sp³-hybridized carbons (Fsp3) is 0.417. The predicted molar refractivity (Wildman–Crippen MR) is 79.9 cm³/mol. The number of hydrogen-bond donors (Lipinski definition) is 2. The van der Waals surface area contributed by atoms with E-state index in [1.165, 1.54) is 11.8 Å². The molecule has 0 bridgehead atoms. The van der Waals surface area contributed by atoms with E-state index in [4.69, 9.17) is 4.74 Å². The van der Waals surface area contributed by atoms with Crippen LogP contribution >= 0.6 is 23.1 Å². The number of amides is 1. The minimum atomic E-state index is -0.251. The quantitative estimate of drug-likeness (QED) is 0.602. The Morgan fingerprint density at radius 3 is 3.20 bits per heavy atom. The topological polar surface area (TPSA) is 79.9 Å². The second-order valence-corrected chi connectivity index (χ2v) is 6.24. The molecule has 0 fully saturated rings. The number of rotatable bonds is 7. The summed E-state index contributed by atoms with van der Waals surface area (Å²) in [6.07, 6.45) is 0. The van der Waals surface area contributed by atoms with Crippen molar-refractivity contribution in [3.63, 3.8) is 0 Å². The molecule has 1 atom stereocenters. The van der Waals surface area contributed by atoms with Gasteiger partial charge in [-0.3, -0.25) is 9.89 Å². The predicted octanol–water partition coefficient (Wildman–Crippen LogP) is 1.78. The van der Waals surface area contributed by atoms with E-state index >= 15 is 0 Å². The lowest BCUT2D eigenvalue weighted by Gasteiger charge is -2.09. The third-order valence-electron chi connectivity index (χ3n) is 2.48. The van der Waals surface area contributed by atoms with Gasteiger partial charge in [0.1, 0.15) is 0 Å². The number of thioether (sulfide) groups is 1. The Morgan fingerprint density at radius 1 is 1.65 bits per heavy atom. The zero-order chi connectivity index (χ0) is 14.4. The van der Waals surface area contributed by atoms with Crippen LogP contribution in [0.1, 0.15) is 6.92 Å². The number of thiophene rings is 1. The van der Waals surface area contributed by atoms with Crippen LogP contribution in [0.25, 0.3) is 10.7 Å². The molecule has 1 amide bonds. The molecule has 0 aliphatic heterocycles. The van der Waals surface area contributed by atoms with Crippen molar-refractivity contribution < 1.29 is 9.53 Å². The number of carbonyl (C=O) groups is 1. The Morgan fingerprint density at radius 2 is 2.50 bits per heavy atom. The van der Waals surface area contributed by atoms with E-state index in [9.17, 15) is 4.79 Å². The van der Waals surface area contributed by atoms with Gasteiger partial charge in [0.05, 0.1) is 16.7 Å². The highest BCUT2D eigenvalue weighted by Crippen LogP contribution is 2.25. The Labute approximate surface area is 125 Å². The maximum atomic E-state index is 11.8. The maximum Gasteiger partial charge on any atom is 0.233 e. The first-order valence-electron chi connectivity index (χ1n) is 6.10. The third kappa shape index (κ3) is 4.06. The van der Waals surface area contributed by atoms with Gasteiger partial charge in [0.25, 0.3) is 0 Å². The Kier molecular flexibility index (Phi) is 5.57. The van der Waals surface area contributed by atoms with Gasteiger partial charge < -0.3 is 10.1 Å². The molecule has 8 heteroatoms. The Bertz CT molecular complexity index is 541. The van der Waals surface area contributed by atoms with Crippen molar-refractivity contribution >= 4 is 29.0 Å². The maximum absolute atomic E-state index is 11.8. The lowest BCUT2D eigenvalue weighted by molar-refractivity contribution is -0.120. The van der Waals surface area contributed by atoms with Crippen molar-refractivity contribution in [3.05, 3.63) is 17.5 Å². The smallest absolute Gasteiger partial charge is 0.233 e. The molecule has 0 saturated heterocycles. The number of ether oxygens (including phenoxy) is 1. The molecule has 0 spiro atoms. The minimum absolute atomic E-state index is 0.0467. The van der Waals surface area contributed by atoms with E-state index in [0.717, 1.165) is 10.7 Å². The molecule has 0 unspecified atom stereocenters. The van der Waals surface area contributed by atoms with Crippen molar-refractivity contribution in [2.45, 2.75) is 17.3 Å². The van der Waals surface area contributed by atoms with Crippen LogP contribution in [-0.2, 0) is 9.53 Å². The first kappa shape index (κ1) is 15.0. The monoisotopic (exact) mass is 312 g/mol. The molecular formula is C12H16N4O2S2. The number of H-pyrrole nitrogens is 1. The van der Waals surface area contributed by atoms with Crippen LogP contribution in [0.5, 0.6) is 0 Å². The number of nitrogens with one attached hydrogen (secondary N) is 2. The molecule has 108 valence electrons. The summed E-state index contributed by atoms with van der Waals surface area (Å²) in [5.74, 6) is 0.684. The van der Waals surface area contributed by atoms with Gasteiger partial charge >= 0.3 is 0 Å². The number of aromatic nitrogens is 3. The van der Waals surface area contributed by atoms with Gasteiger partial charge in [-0.1, -0.05) is 17.8 Å². The first-order valence-corrected chi connectivity index (χ1v) is 7.86. The van der Waals surface area contributed by atoms with E-state index < -0.39 is 0 Å². The minimum Gasteiger partial charge on any atom is -0.383 e. The van der Waals surface area contributed by atoms with Crippen LogP contribution in [0.15, 0.2) is 22.7 Å². The van der Waals surface area contributed by atoms with Gasteiger partial charge in [-0.25, -0.2) is 4.98 Å². The van der Waals surface area contributed by atoms with Crippen molar-refractivity contribution in [3.8, 4) is 10.7 Å². The third-order valence-corrected chi connectivity index (χ3v) is 4.31. The van der Waals surface area contributed by atoms with Crippen molar-refractivity contribution in [1.29, 1.82) is 0 Å². The van der Waals surface area contributed by atoms with Gasteiger partial charge in [-0.05, 0) is 18.4 Å². The number of aromatic amines is 1. The van der Waals surface area contributed by atoms with E-state index in [2.05, 4.69) is 20.5 Å². The van der Waals surface area contributed by atoms with Crippen LogP contribution in [0.2, 0.25) is 0 Å². The SMILES string of the molecule is COCCNC(=O)[C@@H](C)Sc1n[nH]c(-c2cccs2)n1. The Hall–Kier alpha value is -1.38. The number of carbonyl (C=O) groups excluding carboxylic acids is 1. The van der Waals surface area contributed by atoms with Crippen molar-refractivity contribution in [1.82, 2.24) is 20.5 Å². The highest BCUT2D eigenvalue weighted by molar-refractivity contribution is 8.00. The molecule has 0 aromatic carbocycles. The molecule has 2 aromatic rings. The second kappa shape index (κ2) is 7.41. The summed E-state index contributed by atoms with van der Waals surface area (Å²) >= 11 is 2.92. The largest absolute Gasteiger partial charge is 0.383 e. The first-order chi connectivity index (χ1) is 9.70. The average Bonchev–Trinajstić information content (AvgIpc) is 3.08. The van der Waals surface area contributed by atoms with Gasteiger partial charge in [0, 0.05) is 13.7 Å². The van der Waals surface area contributed by atoms with Gasteiger partial charge in [-0.2, -0.15) is 0 Å². The molecule has 0 aliphatic rings. The van der Waals surface area contributed by atoms with E-state index in [1.54, 1.807) is 18.4 Å². The molecule has 2 rings (SSSR count). The fourth-order valence-corrected chi connectivity index (χ4v) is 2.87. The molecule has 2 heterocycles. The molecule has 20 heavy (non-hydrogen) atoms. The summed E-state index contributed by atoms with van der Waals surface area (Å²) in [4.78, 5) is 17.2. The number of nitrogens with zero attached hydrogens (tertiary/aromatic N) is 2. The summed E-state index contributed by atoms with van der Waals surface area (Å²) in [5, 5.41) is 12.1. The van der Waals surface area contributed by atoms with E-state index in [-0.39, 0.29) is 11.2 Å². The molecule has 6 nitrogen and oxygen atoms in total. The van der Waals surface area contributed by atoms with Gasteiger partial charge in [0.15, 0.2) is 5.82 Å². The molecule has 0 radical (unpaired) electrons. The average molecular weight is 312 g/mol. The lowest BCUT2D eigenvalue weighted by Crippen LogP contribution is -2.33. The Balaban J connectivity index is 1.88. The van der Waals surface area contributed by atoms with E-state index in [0.29, 0.717) is 18.3 Å². The van der Waals surface area contributed by atoms with Gasteiger partial charge in [-0.15, -0.1) is 16.4 Å². The molecule has 0 saturated carbocycles. The zero-order valence-electron chi connectivity index (χ0n) is 11.3. The highest BCUT2D eigenvalue weighted by Gasteiger charge is 2.17. The number of methoxy groups -OCH3 is 1. The zero-order valence-corrected chi connectivity index (χ0v) is 12.9. The summed E-state index contributed by atoms with van der Waals surface area (Å²) in [6, 6.07) is 3.93. The van der Waals surface area contributed by atoms with Gasteiger partial charge in [0.2, 0.25) is 11.1 Å². The van der Waals surface area contributed by atoms with Crippen molar-refractivity contribution in [2.75, 3.05) is 20.3 Å². The fourth-order valence-electron chi connectivity index (χ4n) is 1.45. The summed E-state index contributed by atoms with van der Waals surface area (Å²) in [5.41, 5.74) is 0. The number of hydrogen-bond acceptors (Lipinski definition) is 6. The van der Waals surface area contributed by atoms with Crippen LogP contribution in [0.3, 0.4) is 0 Å². The normalized spacial score (nSPS) is 12.3. The standard InChI is InChI=1S/C12H16N4O2S2/c1-8(11(17)13-5-6-18-2)20-12-14-10(15-16-12)9-4-3-7-19-9/h3-4,7-8H,5-6H2,1-2H3,(H,13,17)(H,14,15,16)/t8-/m1/s1. The molecule has 2 N–H and O–H groups in total. The highest BCUT2D eigenvalue weighted by atomic mass is 32.2. The summed E-state index contributed by atoms with van der Waals surface area (Å²) in [6.45, 7) is 2.84. The van der Waals surface area contributed by atoms with Crippen LogP contribution in [0.4, 0.5) is 0 Å². The molecule has 2 aromatic heterocycles. The van der Waals surface area contributed by atoms with E-state index in [1.807, 2.05) is 24.4 Å². The van der Waals surface area contributed by atoms with Crippen LogP contribution in [0, 0.1) is 0 Å². The molecule has 0 aliphatic carbocycles. The lowest BCUT2D eigenvalue weighted by atomic mass is 10.4.